The number of anilines is 1. The summed E-state index contributed by atoms with van der Waals surface area (Å²) in [7, 11) is 0. The molecule has 2 aromatic carbocycles. The first-order chi connectivity index (χ1) is 10.6. The average molecular weight is 298 g/mol. The van der Waals surface area contributed by atoms with E-state index >= 15 is 0 Å². The van der Waals surface area contributed by atoms with Gasteiger partial charge in [0.1, 0.15) is 12.4 Å². The lowest BCUT2D eigenvalue weighted by Crippen LogP contribution is -2.32. The molecular weight excluding hydrogens is 276 g/mol. The van der Waals surface area contributed by atoms with Gasteiger partial charge in [0.15, 0.2) is 0 Å². The second kappa shape index (κ2) is 8.20. The Hall–Kier alpha value is -2.33. The standard InChI is InChI=1S/C18H22N2O2/c1-14(2)19-12-18(21)20-16-10-6-7-11-17(16)22-13-15-8-4-3-5-9-15/h3-11,14,19H,12-13H2,1-2H3,(H,20,21). The Morgan fingerprint density at radius 2 is 1.73 bits per heavy atom. The maximum Gasteiger partial charge on any atom is 0.238 e. The first kappa shape index (κ1) is 16.0. The van der Waals surface area contributed by atoms with Crippen LogP contribution in [0.5, 0.6) is 5.75 Å². The van der Waals surface area contributed by atoms with Gasteiger partial charge in [0, 0.05) is 6.04 Å². The smallest absolute Gasteiger partial charge is 0.238 e. The molecule has 0 saturated heterocycles. The van der Waals surface area contributed by atoms with Crippen molar-refractivity contribution in [3.05, 3.63) is 60.2 Å². The summed E-state index contributed by atoms with van der Waals surface area (Å²) in [5, 5.41) is 5.97. The zero-order valence-electron chi connectivity index (χ0n) is 13.0. The minimum atomic E-state index is -0.0792. The van der Waals surface area contributed by atoms with E-state index in [4.69, 9.17) is 4.74 Å². The average Bonchev–Trinajstić information content (AvgIpc) is 2.53. The van der Waals surface area contributed by atoms with Gasteiger partial charge in [-0.1, -0.05) is 56.3 Å². The quantitative estimate of drug-likeness (QED) is 0.825. The fourth-order valence-electron chi connectivity index (χ4n) is 1.92. The number of hydrogen-bond donors (Lipinski definition) is 2. The summed E-state index contributed by atoms with van der Waals surface area (Å²) < 4.78 is 5.81. The maximum absolute atomic E-state index is 11.9. The molecule has 0 saturated carbocycles. The number of amides is 1. The van der Waals surface area contributed by atoms with Crippen LogP contribution >= 0.6 is 0 Å². The normalized spacial score (nSPS) is 10.5. The third-order valence-corrected chi connectivity index (χ3v) is 3.07. The molecule has 2 N–H and O–H groups in total. The first-order valence-corrected chi connectivity index (χ1v) is 7.44. The van der Waals surface area contributed by atoms with Crippen molar-refractivity contribution in [2.75, 3.05) is 11.9 Å². The molecule has 0 radical (unpaired) electrons. The van der Waals surface area contributed by atoms with Gasteiger partial charge in [0.2, 0.25) is 5.91 Å². The predicted octanol–water partition coefficient (Wildman–Crippen LogP) is 3.20. The molecule has 0 atom stereocenters. The fraction of sp³-hybridized carbons (Fsp3) is 0.278. The van der Waals surface area contributed by atoms with Gasteiger partial charge in [0.05, 0.1) is 12.2 Å². The van der Waals surface area contributed by atoms with Gasteiger partial charge in [-0.2, -0.15) is 0 Å². The first-order valence-electron chi connectivity index (χ1n) is 7.44. The van der Waals surface area contributed by atoms with Crippen LogP contribution in [0.25, 0.3) is 0 Å². The summed E-state index contributed by atoms with van der Waals surface area (Å²) in [6.45, 7) is 4.76. The van der Waals surface area contributed by atoms with Gasteiger partial charge >= 0.3 is 0 Å². The van der Waals surface area contributed by atoms with Crippen molar-refractivity contribution in [2.45, 2.75) is 26.5 Å². The Morgan fingerprint density at radius 3 is 2.45 bits per heavy atom. The Bertz CT molecular complexity index is 597. The van der Waals surface area contributed by atoms with Gasteiger partial charge in [-0.25, -0.2) is 0 Å². The molecule has 2 aromatic rings. The molecule has 0 spiro atoms. The van der Waals surface area contributed by atoms with Crippen LogP contribution in [-0.4, -0.2) is 18.5 Å². The second-order valence-electron chi connectivity index (χ2n) is 5.35. The molecule has 2 rings (SSSR count). The number of nitrogens with one attached hydrogen (secondary N) is 2. The van der Waals surface area contributed by atoms with E-state index in [9.17, 15) is 4.79 Å². The molecule has 0 aliphatic heterocycles. The van der Waals surface area contributed by atoms with Crippen molar-refractivity contribution < 1.29 is 9.53 Å². The van der Waals surface area contributed by atoms with E-state index in [-0.39, 0.29) is 18.5 Å². The van der Waals surface area contributed by atoms with Crippen LogP contribution in [0.3, 0.4) is 0 Å². The van der Waals surface area contributed by atoms with E-state index in [1.54, 1.807) is 0 Å². The van der Waals surface area contributed by atoms with Crippen molar-refractivity contribution in [1.29, 1.82) is 0 Å². The molecule has 4 nitrogen and oxygen atoms in total. The highest BCUT2D eigenvalue weighted by Crippen LogP contribution is 2.24. The highest BCUT2D eigenvalue weighted by molar-refractivity contribution is 5.93. The summed E-state index contributed by atoms with van der Waals surface area (Å²) in [5.74, 6) is 0.591. The van der Waals surface area contributed by atoms with Crippen LogP contribution in [0.4, 0.5) is 5.69 Å². The lowest BCUT2D eigenvalue weighted by molar-refractivity contribution is -0.115. The van der Waals surface area contributed by atoms with Crippen molar-refractivity contribution >= 4 is 11.6 Å². The number of carbonyl (C=O) groups excluding carboxylic acids is 1. The van der Waals surface area contributed by atoms with Crippen LogP contribution < -0.4 is 15.4 Å². The Balaban J connectivity index is 1.96. The molecule has 22 heavy (non-hydrogen) atoms. The summed E-state index contributed by atoms with van der Waals surface area (Å²) in [6, 6.07) is 17.7. The van der Waals surface area contributed by atoms with E-state index in [0.717, 1.165) is 5.56 Å². The minimum absolute atomic E-state index is 0.0792. The molecule has 0 aliphatic carbocycles. The van der Waals surface area contributed by atoms with Crippen molar-refractivity contribution in [1.82, 2.24) is 5.32 Å². The Morgan fingerprint density at radius 1 is 1.05 bits per heavy atom. The van der Waals surface area contributed by atoms with Gasteiger partial charge in [-0.3, -0.25) is 4.79 Å². The van der Waals surface area contributed by atoms with Crippen LogP contribution in [0, 0.1) is 0 Å². The van der Waals surface area contributed by atoms with E-state index in [1.807, 2.05) is 68.4 Å². The third-order valence-electron chi connectivity index (χ3n) is 3.07. The molecule has 0 fully saturated rings. The van der Waals surface area contributed by atoms with Crippen LogP contribution in [0.2, 0.25) is 0 Å². The fourth-order valence-corrected chi connectivity index (χ4v) is 1.92. The molecule has 116 valence electrons. The molecule has 0 bridgehead atoms. The summed E-state index contributed by atoms with van der Waals surface area (Å²) in [5.41, 5.74) is 1.78. The largest absolute Gasteiger partial charge is 0.487 e. The molecule has 4 heteroatoms. The Labute approximate surface area is 131 Å². The number of rotatable bonds is 7. The van der Waals surface area contributed by atoms with Crippen LogP contribution in [0.1, 0.15) is 19.4 Å². The van der Waals surface area contributed by atoms with Crippen LogP contribution in [0.15, 0.2) is 54.6 Å². The van der Waals surface area contributed by atoms with Gasteiger partial charge < -0.3 is 15.4 Å². The highest BCUT2D eigenvalue weighted by Gasteiger charge is 2.08. The summed E-state index contributed by atoms with van der Waals surface area (Å²) in [4.78, 5) is 11.9. The molecule has 0 unspecified atom stereocenters. The van der Waals surface area contributed by atoms with Gasteiger partial charge in [-0.05, 0) is 17.7 Å². The number of benzene rings is 2. The molecular formula is C18H22N2O2. The van der Waals surface area contributed by atoms with Crippen LogP contribution in [-0.2, 0) is 11.4 Å². The van der Waals surface area contributed by atoms with E-state index in [1.165, 1.54) is 0 Å². The summed E-state index contributed by atoms with van der Waals surface area (Å²) >= 11 is 0. The number of hydrogen-bond acceptors (Lipinski definition) is 3. The highest BCUT2D eigenvalue weighted by atomic mass is 16.5. The van der Waals surface area contributed by atoms with E-state index in [2.05, 4.69) is 10.6 Å². The lowest BCUT2D eigenvalue weighted by atomic mass is 10.2. The molecule has 0 aromatic heterocycles. The minimum Gasteiger partial charge on any atom is -0.487 e. The molecule has 0 aliphatic rings. The van der Waals surface area contributed by atoms with Gasteiger partial charge in [-0.15, -0.1) is 0 Å². The van der Waals surface area contributed by atoms with Crippen molar-refractivity contribution in [2.24, 2.45) is 0 Å². The number of carbonyl (C=O) groups is 1. The second-order valence-corrected chi connectivity index (χ2v) is 5.35. The number of para-hydroxylation sites is 2. The predicted molar refractivity (Wildman–Crippen MR) is 89.0 cm³/mol. The van der Waals surface area contributed by atoms with E-state index < -0.39 is 0 Å². The number of ether oxygens (including phenoxy) is 1. The molecule has 0 heterocycles. The topological polar surface area (TPSA) is 50.4 Å². The van der Waals surface area contributed by atoms with Crippen molar-refractivity contribution in [3.8, 4) is 5.75 Å². The van der Waals surface area contributed by atoms with Crippen molar-refractivity contribution in [3.63, 3.8) is 0 Å². The summed E-state index contributed by atoms with van der Waals surface area (Å²) in [6.07, 6.45) is 0. The Kier molecular flexibility index (Phi) is 5.98. The lowest BCUT2D eigenvalue weighted by Gasteiger charge is -2.13. The molecule has 1 amide bonds. The zero-order chi connectivity index (χ0) is 15.8. The maximum atomic E-state index is 11.9. The monoisotopic (exact) mass is 298 g/mol. The van der Waals surface area contributed by atoms with E-state index in [0.29, 0.717) is 18.0 Å². The van der Waals surface area contributed by atoms with Gasteiger partial charge in [0.25, 0.3) is 0 Å². The third kappa shape index (κ3) is 5.22. The zero-order valence-corrected chi connectivity index (χ0v) is 13.0. The SMILES string of the molecule is CC(C)NCC(=O)Nc1ccccc1OCc1ccccc1.